The Morgan fingerprint density at radius 1 is 0.462 bits per heavy atom. The van der Waals surface area contributed by atoms with Gasteiger partial charge in [-0.25, -0.2) is 3.93 Å². The molecule has 2 amide bonds. The fourth-order valence-electron chi connectivity index (χ4n) is 7.03. The van der Waals surface area contributed by atoms with Crippen molar-refractivity contribution in [3.63, 3.8) is 0 Å². The largest absolute Gasteiger partial charge is 0.274 e. The van der Waals surface area contributed by atoms with Gasteiger partial charge in [0.05, 0.1) is 16.1 Å². The van der Waals surface area contributed by atoms with E-state index in [4.69, 9.17) is 0 Å². The predicted octanol–water partition coefficient (Wildman–Crippen LogP) is 13.7. The summed E-state index contributed by atoms with van der Waals surface area (Å²) in [7, 11) is 0. The molecule has 1 saturated heterocycles. The van der Waals surface area contributed by atoms with E-state index in [1.807, 2.05) is 0 Å². The van der Waals surface area contributed by atoms with Crippen LogP contribution in [0.2, 0.25) is 0 Å². The van der Waals surface area contributed by atoms with Crippen LogP contribution in [0, 0.1) is 0 Å². The Bertz CT molecular complexity index is 1900. The zero-order chi connectivity index (χ0) is 38.7. The third-order valence-corrected chi connectivity index (χ3v) is 12.4. The van der Waals surface area contributed by atoms with Gasteiger partial charge in [-0.05, 0) is 126 Å². The maximum Gasteiger partial charge on any atom is 0.239 e. The van der Waals surface area contributed by atoms with E-state index < -0.39 is 0 Å². The van der Waals surface area contributed by atoms with Crippen molar-refractivity contribution in [1.82, 2.24) is 3.93 Å². The zero-order valence-corrected chi connectivity index (χ0v) is 37.8. The van der Waals surface area contributed by atoms with Crippen molar-refractivity contribution in [3.05, 3.63) is 114 Å². The van der Waals surface area contributed by atoms with Crippen LogP contribution in [0.3, 0.4) is 0 Å². The fraction of sp³-hybridized carbons (Fsp3) is 0.435. The molecule has 1 heterocycles. The Morgan fingerprint density at radius 2 is 0.788 bits per heavy atom. The van der Waals surface area contributed by atoms with Crippen LogP contribution in [0.4, 0.5) is 0 Å². The standard InChI is InChI=1S/C21H24Br2.C21H26.C4H4BrNO2/c1-20(2,3)16-10-14-12(8-18(16)22)7-13-9-19(23)17(11-15(13)14)21(4,5)6;1-20(2,3)16-9-7-14-11-15-8-10-17(21(4,5)6)13-19(15)18(14)12-16;5-6-3(7)1-2-4(6)8/h8-11H,7H2,1-6H3;7-10,12-13H,11H2,1-6H3;1-2H2. The average Bonchev–Trinajstić information content (AvgIpc) is 3.66. The third kappa shape index (κ3) is 8.71. The highest BCUT2D eigenvalue weighted by atomic mass is 79.9. The summed E-state index contributed by atoms with van der Waals surface area (Å²) in [5.74, 6) is -0.287. The molecule has 0 radical (unpaired) electrons. The van der Waals surface area contributed by atoms with Crippen LogP contribution in [0.5, 0.6) is 0 Å². The van der Waals surface area contributed by atoms with Crippen LogP contribution in [0.25, 0.3) is 22.3 Å². The molecule has 0 unspecified atom stereocenters. The molecule has 3 nitrogen and oxygen atoms in total. The quantitative estimate of drug-likeness (QED) is 0.113. The van der Waals surface area contributed by atoms with Crippen molar-refractivity contribution in [2.75, 3.05) is 0 Å². The van der Waals surface area contributed by atoms with Gasteiger partial charge in [-0.15, -0.1) is 0 Å². The predicted molar refractivity (Wildman–Crippen MR) is 230 cm³/mol. The van der Waals surface area contributed by atoms with Crippen molar-refractivity contribution in [3.8, 4) is 22.3 Å². The summed E-state index contributed by atoms with van der Waals surface area (Å²) in [6, 6.07) is 23.5. The number of nitrogens with zero attached hydrogens (tertiary/aromatic N) is 1. The van der Waals surface area contributed by atoms with E-state index in [0.717, 1.165) is 16.8 Å². The van der Waals surface area contributed by atoms with Crippen molar-refractivity contribution >= 4 is 59.8 Å². The van der Waals surface area contributed by atoms with Gasteiger partial charge in [0.15, 0.2) is 0 Å². The summed E-state index contributed by atoms with van der Waals surface area (Å²) in [5.41, 5.74) is 17.8. The van der Waals surface area contributed by atoms with Crippen molar-refractivity contribution in [2.24, 2.45) is 0 Å². The van der Waals surface area contributed by atoms with Gasteiger partial charge in [-0.3, -0.25) is 9.59 Å². The molecule has 4 aromatic carbocycles. The van der Waals surface area contributed by atoms with E-state index >= 15 is 0 Å². The number of amides is 2. The van der Waals surface area contributed by atoms with E-state index in [2.05, 4.69) is 192 Å². The molecular weight excluding hydrogens is 838 g/mol. The highest BCUT2D eigenvalue weighted by Gasteiger charge is 2.29. The number of benzene rings is 4. The monoisotopic (exact) mass is 889 g/mol. The number of imide groups is 1. The molecule has 2 aliphatic carbocycles. The first-order valence-electron chi connectivity index (χ1n) is 18.3. The molecule has 0 bridgehead atoms. The molecule has 0 spiro atoms. The van der Waals surface area contributed by atoms with Gasteiger partial charge in [0.25, 0.3) is 0 Å². The van der Waals surface area contributed by atoms with Gasteiger partial charge in [0, 0.05) is 21.8 Å². The van der Waals surface area contributed by atoms with Gasteiger partial charge in [0.1, 0.15) is 0 Å². The molecule has 0 aromatic heterocycles. The van der Waals surface area contributed by atoms with E-state index in [1.165, 1.54) is 75.7 Å². The van der Waals surface area contributed by atoms with Crippen LogP contribution in [-0.2, 0) is 44.1 Å². The molecule has 0 N–H and O–H groups in total. The molecule has 4 aromatic rings. The van der Waals surface area contributed by atoms with Crippen molar-refractivity contribution in [1.29, 1.82) is 0 Å². The van der Waals surface area contributed by atoms with Crippen LogP contribution in [-0.4, -0.2) is 15.7 Å². The lowest BCUT2D eigenvalue weighted by atomic mass is 9.83. The van der Waals surface area contributed by atoms with Gasteiger partial charge in [-0.2, -0.15) is 0 Å². The highest BCUT2D eigenvalue weighted by Crippen LogP contribution is 2.46. The molecule has 3 aliphatic rings. The first kappa shape index (κ1) is 40.6. The lowest BCUT2D eigenvalue weighted by molar-refractivity contribution is -0.131. The molecule has 1 fully saturated rings. The summed E-state index contributed by atoms with van der Waals surface area (Å²) in [4.78, 5) is 20.9. The minimum Gasteiger partial charge on any atom is -0.274 e. The topological polar surface area (TPSA) is 37.4 Å². The number of fused-ring (bicyclic) bond motifs is 6. The van der Waals surface area contributed by atoms with Crippen LogP contribution < -0.4 is 0 Å². The Kier molecular flexibility index (Phi) is 11.4. The number of hydrogen-bond acceptors (Lipinski definition) is 2. The number of rotatable bonds is 0. The fourth-order valence-corrected chi connectivity index (χ4v) is 9.35. The maximum absolute atomic E-state index is 10.4. The number of halogens is 3. The minimum atomic E-state index is -0.144. The van der Waals surface area contributed by atoms with E-state index in [0.29, 0.717) is 12.8 Å². The first-order chi connectivity index (χ1) is 23.9. The molecular formula is C46H54Br3NO2. The summed E-state index contributed by atoms with van der Waals surface area (Å²) >= 11 is 10.4. The smallest absolute Gasteiger partial charge is 0.239 e. The second kappa shape index (κ2) is 14.6. The molecule has 0 saturated carbocycles. The van der Waals surface area contributed by atoms with E-state index in [1.54, 1.807) is 0 Å². The lowest BCUT2D eigenvalue weighted by Gasteiger charge is -2.23. The second-order valence-electron chi connectivity index (χ2n) is 18.6. The number of hydrogen-bond donors (Lipinski definition) is 0. The van der Waals surface area contributed by atoms with Crippen molar-refractivity contribution < 1.29 is 9.59 Å². The highest BCUT2D eigenvalue weighted by molar-refractivity contribution is 9.10. The Balaban J connectivity index is 0.000000167. The van der Waals surface area contributed by atoms with Crippen molar-refractivity contribution in [2.45, 2.75) is 130 Å². The van der Waals surface area contributed by atoms with Gasteiger partial charge < -0.3 is 0 Å². The third-order valence-electron chi connectivity index (χ3n) is 10.3. The molecule has 0 atom stereocenters. The number of carbonyl (C=O) groups excluding carboxylic acids is 2. The maximum atomic E-state index is 10.4. The summed E-state index contributed by atoms with van der Waals surface area (Å²) in [6.45, 7) is 27.4. The molecule has 1 aliphatic heterocycles. The Morgan fingerprint density at radius 3 is 1.08 bits per heavy atom. The SMILES string of the molecule is CC(C)(C)c1cc2c(cc1Br)Cc1cc(Br)c(C(C)(C)C)cc1-2.CC(C)(C)c1ccc2c(c1)-c1cc(C(C)(C)C)ccc1C2.O=C1CCC(=O)N1Br. The summed E-state index contributed by atoms with van der Waals surface area (Å²) < 4.78 is 3.44. The number of carbonyl (C=O) groups is 2. The van der Waals surface area contributed by atoms with Gasteiger partial charge in [-0.1, -0.05) is 151 Å². The summed E-state index contributed by atoms with van der Waals surface area (Å²) in [5, 5.41) is 0. The lowest BCUT2D eigenvalue weighted by Crippen LogP contribution is -2.16. The minimum absolute atomic E-state index is 0.138. The Hall–Kier alpha value is -2.54. The van der Waals surface area contributed by atoms with Crippen LogP contribution in [0.1, 0.15) is 140 Å². The molecule has 6 heteroatoms. The summed E-state index contributed by atoms with van der Waals surface area (Å²) in [6.07, 6.45) is 2.81. The second-order valence-corrected chi connectivity index (χ2v) is 21.1. The molecule has 276 valence electrons. The van der Waals surface area contributed by atoms with Crippen LogP contribution in [0.15, 0.2) is 69.6 Å². The Labute approximate surface area is 338 Å². The molecule has 52 heavy (non-hydrogen) atoms. The molecule has 7 rings (SSSR count). The van der Waals surface area contributed by atoms with E-state index in [9.17, 15) is 9.59 Å². The average molecular weight is 893 g/mol. The zero-order valence-electron chi connectivity index (χ0n) is 33.0. The van der Waals surface area contributed by atoms with Crippen LogP contribution >= 0.6 is 48.0 Å². The first-order valence-corrected chi connectivity index (χ1v) is 20.6. The van der Waals surface area contributed by atoms with Gasteiger partial charge >= 0.3 is 0 Å². The normalized spacial score (nSPS) is 14.9. The van der Waals surface area contributed by atoms with E-state index in [-0.39, 0.29) is 33.5 Å². The van der Waals surface area contributed by atoms with Gasteiger partial charge in [0.2, 0.25) is 11.8 Å².